The van der Waals surface area contributed by atoms with Crippen LogP contribution in [0.15, 0.2) is 67.1 Å². The molecule has 6 heteroatoms. The maximum Gasteiger partial charge on any atom is 0.251 e. The third-order valence-corrected chi connectivity index (χ3v) is 5.54. The van der Waals surface area contributed by atoms with Gasteiger partial charge in [-0.25, -0.2) is 0 Å². The van der Waals surface area contributed by atoms with Crippen molar-refractivity contribution in [2.24, 2.45) is 0 Å². The second-order valence-corrected chi connectivity index (χ2v) is 7.40. The molecule has 0 unspecified atom stereocenters. The number of hydrogen-bond acceptors (Lipinski definition) is 5. The number of amides is 1. The molecular weight excluding hydrogens is 376 g/mol. The molecule has 1 aliphatic rings. The van der Waals surface area contributed by atoms with Crippen LogP contribution in [0.3, 0.4) is 0 Å². The van der Waals surface area contributed by atoms with Crippen LogP contribution >= 0.6 is 0 Å². The number of rotatable bonds is 6. The van der Waals surface area contributed by atoms with Crippen LogP contribution in [-0.4, -0.2) is 42.2 Å². The predicted octanol–water partition coefficient (Wildman–Crippen LogP) is 3.69. The second kappa shape index (κ2) is 9.50. The van der Waals surface area contributed by atoms with E-state index in [2.05, 4.69) is 20.2 Å². The van der Waals surface area contributed by atoms with Crippen molar-refractivity contribution in [3.8, 4) is 11.3 Å². The first kappa shape index (κ1) is 20.0. The molecule has 0 saturated carbocycles. The molecule has 30 heavy (non-hydrogen) atoms. The third kappa shape index (κ3) is 4.66. The van der Waals surface area contributed by atoms with Crippen LogP contribution in [0.5, 0.6) is 0 Å². The number of benzene rings is 1. The molecule has 1 amide bonds. The summed E-state index contributed by atoms with van der Waals surface area (Å²) in [5.74, 6) is -0.0966. The first-order chi connectivity index (χ1) is 14.7. The van der Waals surface area contributed by atoms with Crippen LogP contribution in [-0.2, 0) is 11.3 Å². The second-order valence-electron chi connectivity index (χ2n) is 7.40. The number of anilines is 1. The van der Waals surface area contributed by atoms with Crippen LogP contribution in [0, 0.1) is 0 Å². The highest BCUT2D eigenvalue weighted by Crippen LogP contribution is 2.22. The summed E-state index contributed by atoms with van der Waals surface area (Å²) in [5.41, 5.74) is 4.52. The maximum absolute atomic E-state index is 12.7. The lowest BCUT2D eigenvalue weighted by molar-refractivity contribution is 0.0819. The van der Waals surface area contributed by atoms with Crippen molar-refractivity contribution in [1.29, 1.82) is 0 Å². The van der Waals surface area contributed by atoms with Crippen molar-refractivity contribution in [3.63, 3.8) is 0 Å². The quantitative estimate of drug-likeness (QED) is 0.681. The molecular formula is C24H26N4O2. The van der Waals surface area contributed by atoms with Crippen molar-refractivity contribution in [1.82, 2.24) is 15.3 Å². The molecule has 0 aliphatic carbocycles. The van der Waals surface area contributed by atoms with Crippen molar-refractivity contribution in [2.75, 3.05) is 25.1 Å². The third-order valence-electron chi connectivity index (χ3n) is 5.54. The standard InChI is InChI=1S/C24H26N4O2/c1-30-22-10-14-28(15-11-22)21-8-6-18(7-9-21)24(29)27-17-20-5-3-13-26-23(20)19-4-2-12-25-16-19/h2-9,12-13,16,22H,10-11,14-15,17H2,1H3,(H,27,29). The Morgan fingerprint density at radius 1 is 1.10 bits per heavy atom. The molecule has 0 atom stereocenters. The molecule has 1 aromatic carbocycles. The van der Waals surface area contributed by atoms with Crippen LogP contribution in [0.1, 0.15) is 28.8 Å². The van der Waals surface area contributed by atoms with Gasteiger partial charge in [-0.2, -0.15) is 0 Å². The molecule has 3 heterocycles. The Balaban J connectivity index is 1.38. The summed E-state index contributed by atoms with van der Waals surface area (Å²) in [4.78, 5) is 23.6. The highest BCUT2D eigenvalue weighted by molar-refractivity contribution is 5.94. The number of nitrogens with zero attached hydrogens (tertiary/aromatic N) is 3. The Bertz CT molecular complexity index is 968. The molecule has 1 aliphatic heterocycles. The van der Waals surface area contributed by atoms with Gasteiger partial charge in [0.1, 0.15) is 0 Å². The number of methoxy groups -OCH3 is 1. The largest absolute Gasteiger partial charge is 0.381 e. The molecule has 6 nitrogen and oxygen atoms in total. The molecule has 2 aromatic heterocycles. The lowest BCUT2D eigenvalue weighted by atomic mass is 10.1. The number of carbonyl (C=O) groups is 1. The Morgan fingerprint density at radius 2 is 1.87 bits per heavy atom. The highest BCUT2D eigenvalue weighted by Gasteiger charge is 2.19. The zero-order chi connectivity index (χ0) is 20.8. The number of pyridine rings is 2. The fourth-order valence-corrected chi connectivity index (χ4v) is 3.79. The summed E-state index contributed by atoms with van der Waals surface area (Å²) < 4.78 is 5.44. The Morgan fingerprint density at radius 3 is 2.57 bits per heavy atom. The van der Waals surface area contributed by atoms with Gasteiger partial charge in [-0.1, -0.05) is 6.07 Å². The topological polar surface area (TPSA) is 67.3 Å². The molecule has 0 radical (unpaired) electrons. The number of aromatic nitrogens is 2. The first-order valence-corrected chi connectivity index (χ1v) is 10.2. The smallest absolute Gasteiger partial charge is 0.251 e. The number of nitrogens with one attached hydrogen (secondary N) is 1. The van der Waals surface area contributed by atoms with Crippen LogP contribution in [0.2, 0.25) is 0 Å². The van der Waals surface area contributed by atoms with Gasteiger partial charge in [0, 0.05) is 62.1 Å². The predicted molar refractivity (Wildman–Crippen MR) is 117 cm³/mol. The fourth-order valence-electron chi connectivity index (χ4n) is 3.79. The van der Waals surface area contributed by atoms with E-state index in [0.717, 1.165) is 48.4 Å². The molecule has 154 valence electrons. The lowest BCUT2D eigenvalue weighted by Gasteiger charge is -2.33. The van der Waals surface area contributed by atoms with Crippen LogP contribution in [0.4, 0.5) is 5.69 Å². The van der Waals surface area contributed by atoms with E-state index in [-0.39, 0.29) is 5.91 Å². The van der Waals surface area contributed by atoms with E-state index in [0.29, 0.717) is 18.2 Å². The number of hydrogen-bond donors (Lipinski definition) is 1. The number of ether oxygens (including phenoxy) is 1. The zero-order valence-electron chi connectivity index (χ0n) is 17.1. The van der Waals surface area contributed by atoms with Gasteiger partial charge in [0.2, 0.25) is 0 Å². The van der Waals surface area contributed by atoms with Crippen molar-refractivity contribution in [3.05, 3.63) is 78.2 Å². The van der Waals surface area contributed by atoms with Crippen molar-refractivity contribution < 1.29 is 9.53 Å². The fraction of sp³-hybridized carbons (Fsp3) is 0.292. The summed E-state index contributed by atoms with van der Waals surface area (Å²) in [6.45, 7) is 2.35. The SMILES string of the molecule is COC1CCN(c2ccc(C(=O)NCc3cccnc3-c3cccnc3)cc2)CC1. The van der Waals surface area contributed by atoms with E-state index in [9.17, 15) is 4.79 Å². The van der Waals surface area contributed by atoms with E-state index >= 15 is 0 Å². The average molecular weight is 402 g/mol. The van der Waals surface area contributed by atoms with Crippen LogP contribution < -0.4 is 10.2 Å². The monoisotopic (exact) mass is 402 g/mol. The van der Waals surface area contributed by atoms with Gasteiger partial charge >= 0.3 is 0 Å². The molecule has 4 rings (SSSR count). The maximum atomic E-state index is 12.7. The molecule has 0 bridgehead atoms. The molecule has 1 N–H and O–H groups in total. The first-order valence-electron chi connectivity index (χ1n) is 10.2. The van der Waals surface area contributed by atoms with Crippen LogP contribution in [0.25, 0.3) is 11.3 Å². The Hall–Kier alpha value is -3.25. The highest BCUT2D eigenvalue weighted by atomic mass is 16.5. The summed E-state index contributed by atoms with van der Waals surface area (Å²) in [6, 6.07) is 15.5. The van der Waals surface area contributed by atoms with Gasteiger partial charge in [0.15, 0.2) is 0 Å². The van der Waals surface area contributed by atoms with Gasteiger partial charge in [0.05, 0.1) is 11.8 Å². The Kier molecular flexibility index (Phi) is 6.35. The van der Waals surface area contributed by atoms with E-state index in [1.165, 1.54) is 0 Å². The van der Waals surface area contributed by atoms with Gasteiger partial charge in [-0.05, 0) is 60.9 Å². The number of piperidine rings is 1. The minimum Gasteiger partial charge on any atom is -0.381 e. The van der Waals surface area contributed by atoms with Gasteiger partial charge < -0.3 is 15.0 Å². The van der Waals surface area contributed by atoms with E-state index in [4.69, 9.17) is 4.74 Å². The summed E-state index contributed by atoms with van der Waals surface area (Å²) in [5, 5.41) is 3.01. The van der Waals surface area contributed by atoms with Gasteiger partial charge in [-0.15, -0.1) is 0 Å². The van der Waals surface area contributed by atoms with Gasteiger partial charge in [0.25, 0.3) is 5.91 Å². The average Bonchev–Trinajstić information content (AvgIpc) is 2.83. The normalized spacial score (nSPS) is 14.5. The molecule has 1 fully saturated rings. The van der Waals surface area contributed by atoms with E-state index in [1.54, 1.807) is 25.7 Å². The lowest BCUT2D eigenvalue weighted by Crippen LogP contribution is -2.36. The zero-order valence-corrected chi connectivity index (χ0v) is 17.1. The minimum atomic E-state index is -0.0966. The van der Waals surface area contributed by atoms with E-state index in [1.807, 2.05) is 48.5 Å². The van der Waals surface area contributed by atoms with Gasteiger partial charge in [-0.3, -0.25) is 14.8 Å². The minimum absolute atomic E-state index is 0.0966. The van der Waals surface area contributed by atoms with Crippen molar-refractivity contribution in [2.45, 2.75) is 25.5 Å². The van der Waals surface area contributed by atoms with E-state index < -0.39 is 0 Å². The molecule has 3 aromatic rings. The van der Waals surface area contributed by atoms with Crippen molar-refractivity contribution >= 4 is 11.6 Å². The Labute approximate surface area is 176 Å². The summed E-state index contributed by atoms with van der Waals surface area (Å²) in [6.07, 6.45) is 7.68. The molecule has 1 saturated heterocycles. The number of carbonyl (C=O) groups excluding carboxylic acids is 1. The summed E-state index contributed by atoms with van der Waals surface area (Å²) >= 11 is 0. The molecule has 0 spiro atoms. The summed E-state index contributed by atoms with van der Waals surface area (Å²) in [7, 11) is 1.78.